The van der Waals surface area contributed by atoms with Crippen LogP contribution in [0.15, 0.2) is 0 Å². The molecule has 2 atom stereocenters. The zero-order valence-electron chi connectivity index (χ0n) is 14.1. The standard InChI is InChI=1S/C16H28N4OS/c1-11-13(12(2)20(3)19-11)7-6-10-17-16(21)18-14-8-5-9-15(14)22-4/h14-15H,5-10H2,1-4H3,(H2,17,18,21)/t14-,15+/m0/s1. The van der Waals surface area contributed by atoms with Gasteiger partial charge in [0.25, 0.3) is 0 Å². The number of aromatic nitrogens is 2. The van der Waals surface area contributed by atoms with Crippen molar-refractivity contribution in [3.05, 3.63) is 17.0 Å². The molecule has 124 valence electrons. The summed E-state index contributed by atoms with van der Waals surface area (Å²) in [6.07, 6.45) is 7.57. The van der Waals surface area contributed by atoms with E-state index in [0.717, 1.165) is 25.0 Å². The number of thioether (sulfide) groups is 1. The van der Waals surface area contributed by atoms with Crippen LogP contribution in [0.2, 0.25) is 0 Å². The highest BCUT2D eigenvalue weighted by molar-refractivity contribution is 7.99. The van der Waals surface area contributed by atoms with Crippen LogP contribution in [0.1, 0.15) is 42.6 Å². The number of nitrogens with zero attached hydrogens (tertiary/aromatic N) is 2. The normalized spacial score (nSPS) is 21.1. The molecule has 1 heterocycles. The Kier molecular flexibility index (Phi) is 6.17. The summed E-state index contributed by atoms with van der Waals surface area (Å²) in [4.78, 5) is 12.0. The van der Waals surface area contributed by atoms with Crippen LogP contribution in [0.3, 0.4) is 0 Å². The van der Waals surface area contributed by atoms with Crippen molar-refractivity contribution in [1.29, 1.82) is 0 Å². The Morgan fingerprint density at radius 2 is 2.18 bits per heavy atom. The summed E-state index contributed by atoms with van der Waals surface area (Å²) in [7, 11) is 1.97. The number of rotatable bonds is 6. The van der Waals surface area contributed by atoms with Crippen LogP contribution in [-0.2, 0) is 13.5 Å². The van der Waals surface area contributed by atoms with E-state index in [-0.39, 0.29) is 6.03 Å². The Balaban J connectivity index is 1.69. The molecular formula is C16H28N4OS. The second-order valence-corrected chi connectivity index (χ2v) is 7.17. The van der Waals surface area contributed by atoms with Crippen LogP contribution in [0.25, 0.3) is 0 Å². The number of carbonyl (C=O) groups is 1. The molecule has 1 aromatic heterocycles. The lowest BCUT2D eigenvalue weighted by atomic mass is 10.1. The van der Waals surface area contributed by atoms with Crippen molar-refractivity contribution in [2.24, 2.45) is 7.05 Å². The fraction of sp³-hybridized carbons (Fsp3) is 0.750. The van der Waals surface area contributed by atoms with E-state index in [1.807, 2.05) is 30.4 Å². The van der Waals surface area contributed by atoms with E-state index in [4.69, 9.17) is 0 Å². The monoisotopic (exact) mass is 324 g/mol. The van der Waals surface area contributed by atoms with Crippen molar-refractivity contribution >= 4 is 17.8 Å². The summed E-state index contributed by atoms with van der Waals surface area (Å²) in [6.45, 7) is 4.85. The van der Waals surface area contributed by atoms with E-state index in [9.17, 15) is 4.79 Å². The maximum absolute atomic E-state index is 12.0. The van der Waals surface area contributed by atoms with E-state index in [0.29, 0.717) is 17.8 Å². The molecule has 1 aromatic rings. The van der Waals surface area contributed by atoms with E-state index < -0.39 is 0 Å². The minimum atomic E-state index is -0.0226. The lowest BCUT2D eigenvalue weighted by Gasteiger charge is -2.19. The molecule has 0 aliphatic heterocycles. The fourth-order valence-electron chi connectivity index (χ4n) is 3.24. The zero-order valence-corrected chi connectivity index (χ0v) is 14.9. The summed E-state index contributed by atoms with van der Waals surface area (Å²) >= 11 is 1.86. The molecule has 1 aliphatic carbocycles. The van der Waals surface area contributed by atoms with Gasteiger partial charge in [-0.15, -0.1) is 0 Å². The van der Waals surface area contributed by atoms with Gasteiger partial charge in [-0.2, -0.15) is 16.9 Å². The van der Waals surface area contributed by atoms with Crippen molar-refractivity contribution in [1.82, 2.24) is 20.4 Å². The van der Waals surface area contributed by atoms with E-state index in [2.05, 4.69) is 28.9 Å². The maximum Gasteiger partial charge on any atom is 0.315 e. The Morgan fingerprint density at radius 3 is 2.82 bits per heavy atom. The number of amides is 2. The van der Waals surface area contributed by atoms with Crippen molar-refractivity contribution in [2.75, 3.05) is 12.8 Å². The van der Waals surface area contributed by atoms with Crippen LogP contribution in [0.4, 0.5) is 4.79 Å². The lowest BCUT2D eigenvalue weighted by Crippen LogP contribution is -2.44. The summed E-state index contributed by atoms with van der Waals surface area (Å²) in [5.41, 5.74) is 3.62. The molecule has 2 amide bonds. The first-order valence-corrected chi connectivity index (χ1v) is 9.38. The zero-order chi connectivity index (χ0) is 16.1. The highest BCUT2D eigenvalue weighted by atomic mass is 32.2. The largest absolute Gasteiger partial charge is 0.338 e. The predicted molar refractivity (Wildman–Crippen MR) is 92.5 cm³/mol. The molecule has 22 heavy (non-hydrogen) atoms. The Bertz CT molecular complexity index is 514. The molecule has 0 unspecified atom stereocenters. The lowest BCUT2D eigenvalue weighted by molar-refractivity contribution is 0.237. The van der Waals surface area contributed by atoms with Gasteiger partial charge in [-0.25, -0.2) is 4.79 Å². The third-order valence-corrected chi connectivity index (χ3v) is 5.79. The van der Waals surface area contributed by atoms with Gasteiger partial charge in [0, 0.05) is 30.6 Å². The molecule has 1 saturated carbocycles. The van der Waals surface area contributed by atoms with Gasteiger partial charge in [-0.3, -0.25) is 4.68 Å². The number of hydrogen-bond acceptors (Lipinski definition) is 3. The quantitative estimate of drug-likeness (QED) is 0.791. The van der Waals surface area contributed by atoms with Gasteiger partial charge in [0.2, 0.25) is 0 Å². The minimum absolute atomic E-state index is 0.0226. The SMILES string of the molecule is CS[C@@H]1CCC[C@@H]1NC(=O)NCCCc1c(C)nn(C)c1C. The Labute approximate surface area is 137 Å². The molecule has 6 heteroatoms. The van der Waals surface area contributed by atoms with Crippen LogP contribution in [0, 0.1) is 13.8 Å². The van der Waals surface area contributed by atoms with Gasteiger partial charge >= 0.3 is 6.03 Å². The first-order valence-electron chi connectivity index (χ1n) is 8.09. The molecule has 1 aliphatic rings. The second kappa shape index (κ2) is 7.90. The van der Waals surface area contributed by atoms with E-state index in [1.54, 1.807) is 0 Å². The number of hydrogen-bond donors (Lipinski definition) is 2. The maximum atomic E-state index is 12.0. The highest BCUT2D eigenvalue weighted by Crippen LogP contribution is 2.28. The van der Waals surface area contributed by atoms with Crippen LogP contribution >= 0.6 is 11.8 Å². The van der Waals surface area contributed by atoms with Crippen molar-refractivity contribution in [2.45, 2.75) is 57.2 Å². The van der Waals surface area contributed by atoms with Gasteiger partial charge < -0.3 is 10.6 Å². The van der Waals surface area contributed by atoms with Crippen LogP contribution < -0.4 is 10.6 Å². The van der Waals surface area contributed by atoms with Gasteiger partial charge in [-0.1, -0.05) is 6.42 Å². The third-order valence-electron chi connectivity index (χ3n) is 4.62. The molecule has 1 fully saturated rings. The molecule has 5 nitrogen and oxygen atoms in total. The van der Waals surface area contributed by atoms with Crippen LogP contribution in [-0.4, -0.2) is 39.9 Å². The molecule has 0 radical (unpaired) electrons. The summed E-state index contributed by atoms with van der Waals surface area (Å²) in [6, 6.07) is 0.309. The smallest absolute Gasteiger partial charge is 0.315 e. The number of urea groups is 1. The molecule has 2 rings (SSSR count). The topological polar surface area (TPSA) is 59.0 Å². The molecule has 0 saturated heterocycles. The predicted octanol–water partition coefficient (Wildman–Crippen LogP) is 2.55. The average Bonchev–Trinajstić information content (AvgIpc) is 3.02. The van der Waals surface area contributed by atoms with Gasteiger partial charge in [-0.05, 0) is 51.3 Å². The highest BCUT2D eigenvalue weighted by Gasteiger charge is 2.27. The van der Waals surface area contributed by atoms with E-state index >= 15 is 0 Å². The summed E-state index contributed by atoms with van der Waals surface area (Å²) in [5, 5.41) is 11.1. The van der Waals surface area contributed by atoms with Gasteiger partial charge in [0.15, 0.2) is 0 Å². The van der Waals surface area contributed by atoms with Gasteiger partial charge in [0.05, 0.1) is 5.69 Å². The summed E-state index contributed by atoms with van der Waals surface area (Å²) < 4.78 is 1.92. The van der Waals surface area contributed by atoms with Gasteiger partial charge in [0.1, 0.15) is 0 Å². The van der Waals surface area contributed by atoms with Crippen molar-refractivity contribution < 1.29 is 4.79 Å². The van der Waals surface area contributed by atoms with Crippen molar-refractivity contribution in [3.63, 3.8) is 0 Å². The molecular weight excluding hydrogens is 296 g/mol. The van der Waals surface area contributed by atoms with E-state index in [1.165, 1.54) is 24.1 Å². The Hall–Kier alpha value is -1.17. The number of aryl methyl sites for hydroxylation is 2. The molecule has 0 aromatic carbocycles. The Morgan fingerprint density at radius 1 is 1.41 bits per heavy atom. The first kappa shape index (κ1) is 17.2. The average molecular weight is 324 g/mol. The molecule has 2 N–H and O–H groups in total. The van der Waals surface area contributed by atoms with Crippen molar-refractivity contribution in [3.8, 4) is 0 Å². The van der Waals surface area contributed by atoms with Crippen LogP contribution in [0.5, 0.6) is 0 Å². The fourth-order valence-corrected chi connectivity index (χ4v) is 4.17. The number of nitrogens with one attached hydrogen (secondary N) is 2. The number of carbonyl (C=O) groups excluding carboxylic acids is 1. The second-order valence-electron chi connectivity index (χ2n) is 6.09. The molecule has 0 bridgehead atoms. The molecule has 0 spiro atoms. The summed E-state index contributed by atoms with van der Waals surface area (Å²) in [5.74, 6) is 0. The minimum Gasteiger partial charge on any atom is -0.338 e. The third kappa shape index (κ3) is 4.18. The first-order chi connectivity index (χ1) is 10.5.